The standard InChI is InChI=1S/C15H19F2NO2/c1-10(12-6-7-20-9-12)18-15(19)5-3-11-2-4-13(16)8-14(11)17/h2,4,8,10,12H,3,5-7,9H2,1H3,(H,18,19). The van der Waals surface area contributed by atoms with Crippen LogP contribution in [0.1, 0.15) is 25.3 Å². The molecular formula is C15H19F2NO2. The van der Waals surface area contributed by atoms with Gasteiger partial charge in [-0.2, -0.15) is 0 Å². The molecule has 1 aliphatic heterocycles. The van der Waals surface area contributed by atoms with Crippen molar-refractivity contribution in [1.82, 2.24) is 5.32 Å². The molecule has 2 rings (SSSR count). The average Bonchev–Trinajstić information content (AvgIpc) is 2.91. The first kappa shape index (κ1) is 14.9. The predicted molar refractivity (Wildman–Crippen MR) is 71.2 cm³/mol. The third-order valence-electron chi connectivity index (χ3n) is 3.70. The first-order chi connectivity index (χ1) is 9.56. The molecule has 0 aliphatic carbocycles. The van der Waals surface area contributed by atoms with Crippen LogP contribution in [0, 0.1) is 17.6 Å². The van der Waals surface area contributed by atoms with Gasteiger partial charge in [-0.15, -0.1) is 0 Å². The first-order valence-corrected chi connectivity index (χ1v) is 6.87. The molecule has 2 atom stereocenters. The minimum absolute atomic E-state index is 0.0584. The maximum atomic E-state index is 13.4. The average molecular weight is 283 g/mol. The normalized spacial score (nSPS) is 19.9. The Kier molecular flexibility index (Phi) is 5.06. The lowest BCUT2D eigenvalue weighted by atomic mass is 10.0. The zero-order valence-corrected chi connectivity index (χ0v) is 11.5. The number of amides is 1. The molecule has 0 aromatic heterocycles. The molecule has 1 aromatic rings. The molecule has 110 valence electrons. The second-order valence-corrected chi connectivity index (χ2v) is 5.22. The second-order valence-electron chi connectivity index (χ2n) is 5.22. The molecule has 1 fully saturated rings. The fraction of sp³-hybridized carbons (Fsp3) is 0.533. The molecular weight excluding hydrogens is 264 g/mol. The Labute approximate surface area is 117 Å². The summed E-state index contributed by atoms with van der Waals surface area (Å²) in [7, 11) is 0. The summed E-state index contributed by atoms with van der Waals surface area (Å²) in [4.78, 5) is 11.8. The third kappa shape index (κ3) is 4.00. The van der Waals surface area contributed by atoms with Crippen molar-refractivity contribution in [3.8, 4) is 0 Å². The molecule has 1 N–H and O–H groups in total. The van der Waals surface area contributed by atoms with E-state index in [1.54, 1.807) is 0 Å². The topological polar surface area (TPSA) is 38.3 Å². The number of carbonyl (C=O) groups is 1. The lowest BCUT2D eigenvalue weighted by Gasteiger charge is -2.19. The molecule has 5 heteroatoms. The fourth-order valence-corrected chi connectivity index (χ4v) is 2.36. The zero-order chi connectivity index (χ0) is 14.5. The summed E-state index contributed by atoms with van der Waals surface area (Å²) < 4.78 is 31.5. The molecule has 0 saturated carbocycles. The Bertz CT molecular complexity index is 473. The minimum Gasteiger partial charge on any atom is -0.381 e. The van der Waals surface area contributed by atoms with E-state index in [0.29, 0.717) is 18.1 Å². The van der Waals surface area contributed by atoms with Crippen LogP contribution in [0.25, 0.3) is 0 Å². The van der Waals surface area contributed by atoms with Crippen molar-refractivity contribution < 1.29 is 18.3 Å². The van der Waals surface area contributed by atoms with Crippen LogP contribution in [-0.4, -0.2) is 25.2 Å². The number of aryl methyl sites for hydroxylation is 1. The van der Waals surface area contributed by atoms with Gasteiger partial charge in [0.2, 0.25) is 5.91 Å². The van der Waals surface area contributed by atoms with Gasteiger partial charge in [-0.05, 0) is 31.4 Å². The number of carbonyl (C=O) groups excluding carboxylic acids is 1. The van der Waals surface area contributed by atoms with Crippen molar-refractivity contribution in [2.45, 2.75) is 32.2 Å². The summed E-state index contributed by atoms with van der Waals surface area (Å²) in [5.74, 6) is -0.977. The molecule has 1 aliphatic rings. The van der Waals surface area contributed by atoms with E-state index in [1.165, 1.54) is 12.1 Å². The van der Waals surface area contributed by atoms with Crippen LogP contribution >= 0.6 is 0 Å². The Hall–Kier alpha value is -1.49. The smallest absolute Gasteiger partial charge is 0.220 e. The van der Waals surface area contributed by atoms with Crippen LogP contribution in [0.4, 0.5) is 8.78 Å². The van der Waals surface area contributed by atoms with E-state index < -0.39 is 11.6 Å². The molecule has 1 amide bonds. The molecule has 0 radical (unpaired) electrons. The summed E-state index contributed by atoms with van der Waals surface area (Å²) in [6.07, 6.45) is 1.42. The van der Waals surface area contributed by atoms with Crippen LogP contribution in [0.2, 0.25) is 0 Å². The van der Waals surface area contributed by atoms with Crippen LogP contribution in [0.3, 0.4) is 0 Å². The SMILES string of the molecule is CC(NC(=O)CCc1ccc(F)cc1F)C1CCOC1. The lowest BCUT2D eigenvalue weighted by Crippen LogP contribution is -2.38. The molecule has 0 bridgehead atoms. The number of hydrogen-bond acceptors (Lipinski definition) is 2. The zero-order valence-electron chi connectivity index (χ0n) is 11.5. The van der Waals surface area contributed by atoms with Crippen LogP contribution in [0.5, 0.6) is 0 Å². The molecule has 1 heterocycles. The van der Waals surface area contributed by atoms with Crippen molar-refractivity contribution >= 4 is 5.91 Å². The summed E-state index contributed by atoms with van der Waals surface area (Å²) in [6.45, 7) is 3.37. The first-order valence-electron chi connectivity index (χ1n) is 6.87. The predicted octanol–water partition coefficient (Wildman–Crippen LogP) is 2.44. The minimum atomic E-state index is -0.606. The van der Waals surface area contributed by atoms with E-state index in [4.69, 9.17) is 4.74 Å². The molecule has 3 nitrogen and oxygen atoms in total. The monoisotopic (exact) mass is 283 g/mol. The van der Waals surface area contributed by atoms with Gasteiger partial charge in [-0.3, -0.25) is 4.79 Å². The van der Waals surface area contributed by atoms with Crippen LogP contribution < -0.4 is 5.32 Å². The van der Waals surface area contributed by atoms with Gasteiger partial charge in [-0.25, -0.2) is 8.78 Å². The van der Waals surface area contributed by atoms with E-state index in [9.17, 15) is 13.6 Å². The van der Waals surface area contributed by atoms with Gasteiger partial charge in [0.25, 0.3) is 0 Å². The highest BCUT2D eigenvalue weighted by Crippen LogP contribution is 2.17. The van der Waals surface area contributed by atoms with E-state index in [0.717, 1.165) is 19.1 Å². The largest absolute Gasteiger partial charge is 0.381 e. The van der Waals surface area contributed by atoms with Gasteiger partial charge < -0.3 is 10.1 Å². The van der Waals surface area contributed by atoms with Crippen molar-refractivity contribution in [2.75, 3.05) is 13.2 Å². The molecule has 1 saturated heterocycles. The van der Waals surface area contributed by atoms with Crippen molar-refractivity contribution in [2.24, 2.45) is 5.92 Å². The van der Waals surface area contributed by atoms with Gasteiger partial charge >= 0.3 is 0 Å². The number of nitrogens with one attached hydrogen (secondary N) is 1. The molecule has 2 unspecified atom stereocenters. The maximum Gasteiger partial charge on any atom is 0.220 e. The maximum absolute atomic E-state index is 13.4. The van der Waals surface area contributed by atoms with Crippen molar-refractivity contribution in [1.29, 1.82) is 0 Å². The van der Waals surface area contributed by atoms with Gasteiger partial charge in [0.15, 0.2) is 0 Å². The fourth-order valence-electron chi connectivity index (χ4n) is 2.36. The van der Waals surface area contributed by atoms with E-state index >= 15 is 0 Å². The van der Waals surface area contributed by atoms with Crippen LogP contribution in [-0.2, 0) is 16.0 Å². The van der Waals surface area contributed by atoms with Crippen molar-refractivity contribution in [3.05, 3.63) is 35.4 Å². The molecule has 20 heavy (non-hydrogen) atoms. The summed E-state index contributed by atoms with van der Waals surface area (Å²) in [5.41, 5.74) is 0.360. The van der Waals surface area contributed by atoms with Crippen molar-refractivity contribution in [3.63, 3.8) is 0 Å². The van der Waals surface area contributed by atoms with E-state index in [2.05, 4.69) is 5.32 Å². The Balaban J connectivity index is 1.79. The number of benzene rings is 1. The van der Waals surface area contributed by atoms with Gasteiger partial charge in [0, 0.05) is 31.1 Å². The number of hydrogen-bond donors (Lipinski definition) is 1. The summed E-state index contributed by atoms with van der Waals surface area (Å²) >= 11 is 0. The van der Waals surface area contributed by atoms with Gasteiger partial charge in [0.05, 0.1) is 6.61 Å². The van der Waals surface area contributed by atoms with Gasteiger partial charge in [-0.1, -0.05) is 6.07 Å². The quantitative estimate of drug-likeness (QED) is 0.901. The lowest BCUT2D eigenvalue weighted by molar-refractivity contribution is -0.122. The van der Waals surface area contributed by atoms with E-state index in [-0.39, 0.29) is 24.8 Å². The third-order valence-corrected chi connectivity index (χ3v) is 3.70. The molecule has 1 aromatic carbocycles. The Morgan fingerprint density at radius 1 is 1.50 bits per heavy atom. The summed E-state index contributed by atoms with van der Waals surface area (Å²) in [6, 6.07) is 3.48. The highest BCUT2D eigenvalue weighted by molar-refractivity contribution is 5.76. The number of ether oxygens (including phenoxy) is 1. The summed E-state index contributed by atoms with van der Waals surface area (Å²) in [5, 5.41) is 2.91. The van der Waals surface area contributed by atoms with Gasteiger partial charge in [0.1, 0.15) is 11.6 Å². The Morgan fingerprint density at radius 3 is 2.95 bits per heavy atom. The highest BCUT2D eigenvalue weighted by atomic mass is 19.1. The second kappa shape index (κ2) is 6.79. The van der Waals surface area contributed by atoms with Crippen LogP contribution in [0.15, 0.2) is 18.2 Å². The number of halogens is 2. The molecule has 0 spiro atoms. The van der Waals surface area contributed by atoms with E-state index in [1.807, 2.05) is 6.92 Å². The Morgan fingerprint density at radius 2 is 2.30 bits per heavy atom. The highest BCUT2D eigenvalue weighted by Gasteiger charge is 2.23. The number of rotatable bonds is 5.